The van der Waals surface area contributed by atoms with Crippen molar-refractivity contribution in [1.82, 2.24) is 0 Å². The van der Waals surface area contributed by atoms with E-state index in [9.17, 15) is 14.9 Å². The highest BCUT2D eigenvalue weighted by atomic mass is 16.6. The molecule has 1 aromatic heterocycles. The van der Waals surface area contributed by atoms with Crippen LogP contribution < -0.4 is 0 Å². The van der Waals surface area contributed by atoms with E-state index in [1.165, 1.54) is 6.08 Å². The lowest BCUT2D eigenvalue weighted by Gasteiger charge is -2.03. The second kappa shape index (κ2) is 6.51. The first-order valence-corrected chi connectivity index (χ1v) is 6.29. The normalized spacial score (nSPS) is 10.7. The van der Waals surface area contributed by atoms with Crippen LogP contribution in [0.15, 0.2) is 47.0 Å². The first-order chi connectivity index (χ1) is 10.1. The highest BCUT2D eigenvalue weighted by molar-refractivity contribution is 5.90. The standard InChI is InChI=1S/C15H13NO5/c1-2-20-15(17)12-5-3-4-11(10-12)14-7-6-13(21-14)8-9-16(18)19/h3-10H,2H2,1H3. The molecule has 0 aliphatic rings. The Morgan fingerprint density at radius 1 is 1.38 bits per heavy atom. The van der Waals surface area contributed by atoms with Crippen molar-refractivity contribution in [3.05, 3.63) is 64.0 Å². The molecule has 1 aromatic carbocycles. The molecule has 0 radical (unpaired) electrons. The molecule has 2 aromatic rings. The lowest BCUT2D eigenvalue weighted by atomic mass is 10.1. The van der Waals surface area contributed by atoms with Crippen LogP contribution in [0.3, 0.4) is 0 Å². The molecule has 0 unspecified atom stereocenters. The molecule has 0 spiro atoms. The molecule has 6 nitrogen and oxygen atoms in total. The summed E-state index contributed by atoms with van der Waals surface area (Å²) in [5.41, 5.74) is 1.12. The second-order valence-electron chi connectivity index (χ2n) is 4.10. The number of esters is 1. The van der Waals surface area contributed by atoms with Gasteiger partial charge in [0, 0.05) is 5.56 Å². The molecule has 0 aliphatic heterocycles. The fourth-order valence-corrected chi connectivity index (χ4v) is 1.75. The Hall–Kier alpha value is -2.89. The molecular formula is C15H13NO5. The van der Waals surface area contributed by atoms with E-state index in [1.807, 2.05) is 0 Å². The SMILES string of the molecule is CCOC(=O)c1cccc(-c2ccc(C=C[N+](=O)[O-])o2)c1. The van der Waals surface area contributed by atoms with E-state index >= 15 is 0 Å². The first kappa shape index (κ1) is 14.5. The molecule has 0 saturated heterocycles. The number of hydrogen-bond donors (Lipinski definition) is 0. The van der Waals surface area contributed by atoms with Gasteiger partial charge in [-0.1, -0.05) is 12.1 Å². The van der Waals surface area contributed by atoms with Crippen molar-refractivity contribution in [3.63, 3.8) is 0 Å². The average molecular weight is 287 g/mol. The van der Waals surface area contributed by atoms with E-state index in [4.69, 9.17) is 9.15 Å². The Morgan fingerprint density at radius 2 is 2.19 bits per heavy atom. The maximum Gasteiger partial charge on any atom is 0.338 e. The highest BCUT2D eigenvalue weighted by Gasteiger charge is 2.09. The fraction of sp³-hybridized carbons (Fsp3) is 0.133. The summed E-state index contributed by atoms with van der Waals surface area (Å²) >= 11 is 0. The summed E-state index contributed by atoms with van der Waals surface area (Å²) in [6.45, 7) is 2.04. The number of benzene rings is 1. The zero-order valence-electron chi connectivity index (χ0n) is 11.3. The van der Waals surface area contributed by atoms with E-state index in [2.05, 4.69) is 0 Å². The molecule has 2 rings (SSSR count). The van der Waals surface area contributed by atoms with Gasteiger partial charge in [0.05, 0.1) is 23.2 Å². The minimum Gasteiger partial charge on any atom is -0.462 e. The quantitative estimate of drug-likeness (QED) is 0.478. The van der Waals surface area contributed by atoms with Gasteiger partial charge in [0.2, 0.25) is 6.20 Å². The summed E-state index contributed by atoms with van der Waals surface area (Å²) in [6.07, 6.45) is 2.07. The summed E-state index contributed by atoms with van der Waals surface area (Å²) in [5, 5.41) is 10.3. The molecule has 0 amide bonds. The number of nitrogens with zero attached hydrogens (tertiary/aromatic N) is 1. The van der Waals surface area contributed by atoms with Crippen molar-refractivity contribution in [2.75, 3.05) is 6.61 Å². The zero-order chi connectivity index (χ0) is 15.2. The molecule has 0 fully saturated rings. The van der Waals surface area contributed by atoms with Crippen LogP contribution in [-0.2, 0) is 4.74 Å². The van der Waals surface area contributed by atoms with Crippen LogP contribution >= 0.6 is 0 Å². The van der Waals surface area contributed by atoms with Crippen molar-refractivity contribution in [2.45, 2.75) is 6.92 Å². The number of furan rings is 1. The minimum absolute atomic E-state index is 0.305. The van der Waals surface area contributed by atoms with Crippen molar-refractivity contribution < 1.29 is 18.9 Å². The maximum absolute atomic E-state index is 11.7. The van der Waals surface area contributed by atoms with Crippen LogP contribution in [0.1, 0.15) is 23.0 Å². The number of nitro groups is 1. The van der Waals surface area contributed by atoms with E-state index in [0.29, 0.717) is 29.3 Å². The monoisotopic (exact) mass is 287 g/mol. The van der Waals surface area contributed by atoms with Crippen LogP contribution in [0.4, 0.5) is 0 Å². The van der Waals surface area contributed by atoms with Gasteiger partial charge < -0.3 is 9.15 Å². The molecule has 0 bridgehead atoms. The van der Waals surface area contributed by atoms with Crippen LogP contribution in [0, 0.1) is 10.1 Å². The summed E-state index contributed by atoms with van der Waals surface area (Å²) < 4.78 is 10.4. The van der Waals surface area contributed by atoms with Gasteiger partial charge >= 0.3 is 5.97 Å². The van der Waals surface area contributed by atoms with Crippen LogP contribution in [0.25, 0.3) is 17.4 Å². The van der Waals surface area contributed by atoms with Gasteiger partial charge in [0.15, 0.2) is 0 Å². The van der Waals surface area contributed by atoms with Gasteiger partial charge in [0.1, 0.15) is 11.5 Å². The predicted molar refractivity (Wildman–Crippen MR) is 76.1 cm³/mol. The Morgan fingerprint density at radius 3 is 2.90 bits per heavy atom. The van der Waals surface area contributed by atoms with Gasteiger partial charge in [-0.3, -0.25) is 10.1 Å². The molecular weight excluding hydrogens is 274 g/mol. The van der Waals surface area contributed by atoms with E-state index in [1.54, 1.807) is 43.3 Å². The van der Waals surface area contributed by atoms with Crippen molar-refractivity contribution in [1.29, 1.82) is 0 Å². The Kier molecular flexibility index (Phi) is 4.50. The topological polar surface area (TPSA) is 82.6 Å². The Balaban J connectivity index is 2.24. The number of carbonyl (C=O) groups is 1. The van der Waals surface area contributed by atoms with Crippen molar-refractivity contribution >= 4 is 12.0 Å². The molecule has 1 heterocycles. The number of carbonyl (C=O) groups excluding carboxylic acids is 1. The molecule has 0 aliphatic carbocycles. The van der Waals surface area contributed by atoms with Gasteiger partial charge in [-0.2, -0.15) is 0 Å². The zero-order valence-corrected chi connectivity index (χ0v) is 11.3. The lowest BCUT2D eigenvalue weighted by molar-refractivity contribution is -0.401. The lowest BCUT2D eigenvalue weighted by Crippen LogP contribution is -2.04. The third kappa shape index (κ3) is 3.79. The highest BCUT2D eigenvalue weighted by Crippen LogP contribution is 2.24. The molecule has 21 heavy (non-hydrogen) atoms. The number of ether oxygens (including phenoxy) is 1. The largest absolute Gasteiger partial charge is 0.462 e. The Labute approximate surface area is 120 Å². The third-order valence-electron chi connectivity index (χ3n) is 2.65. The minimum atomic E-state index is -0.566. The molecule has 6 heteroatoms. The number of hydrogen-bond acceptors (Lipinski definition) is 5. The van der Waals surface area contributed by atoms with Crippen LogP contribution in [0.5, 0.6) is 0 Å². The fourth-order valence-electron chi connectivity index (χ4n) is 1.75. The van der Waals surface area contributed by atoms with Gasteiger partial charge in [-0.05, 0) is 31.2 Å². The average Bonchev–Trinajstić information content (AvgIpc) is 2.94. The van der Waals surface area contributed by atoms with Gasteiger partial charge in [-0.25, -0.2) is 4.79 Å². The molecule has 108 valence electrons. The summed E-state index contributed by atoms with van der Waals surface area (Å²) in [7, 11) is 0. The molecule has 0 N–H and O–H groups in total. The number of rotatable bonds is 5. The molecule has 0 atom stereocenters. The van der Waals surface area contributed by atoms with Gasteiger partial charge in [-0.15, -0.1) is 0 Å². The van der Waals surface area contributed by atoms with Gasteiger partial charge in [0.25, 0.3) is 0 Å². The second-order valence-corrected chi connectivity index (χ2v) is 4.10. The predicted octanol–water partition coefficient (Wildman–Crippen LogP) is 3.37. The first-order valence-electron chi connectivity index (χ1n) is 6.29. The summed E-state index contributed by atoms with van der Waals surface area (Å²) in [6, 6.07) is 10.1. The van der Waals surface area contributed by atoms with Crippen molar-refractivity contribution in [3.8, 4) is 11.3 Å². The van der Waals surface area contributed by atoms with Crippen LogP contribution in [-0.4, -0.2) is 17.5 Å². The third-order valence-corrected chi connectivity index (χ3v) is 2.65. The van der Waals surface area contributed by atoms with Crippen LogP contribution in [0.2, 0.25) is 0 Å². The van der Waals surface area contributed by atoms with E-state index < -0.39 is 10.9 Å². The Bertz CT molecular complexity index is 687. The summed E-state index contributed by atoms with van der Waals surface area (Å²) in [5.74, 6) is 0.478. The summed E-state index contributed by atoms with van der Waals surface area (Å²) in [4.78, 5) is 21.4. The van der Waals surface area contributed by atoms with Crippen molar-refractivity contribution in [2.24, 2.45) is 0 Å². The smallest absolute Gasteiger partial charge is 0.338 e. The van der Waals surface area contributed by atoms with E-state index in [-0.39, 0.29) is 0 Å². The van der Waals surface area contributed by atoms with E-state index in [0.717, 1.165) is 6.20 Å². The maximum atomic E-state index is 11.7. The molecule has 0 saturated carbocycles.